The van der Waals surface area contributed by atoms with Crippen molar-refractivity contribution in [2.45, 2.75) is 6.61 Å². The van der Waals surface area contributed by atoms with Gasteiger partial charge in [0.1, 0.15) is 6.61 Å². The number of ether oxygens (including phenoxy) is 1. The summed E-state index contributed by atoms with van der Waals surface area (Å²) < 4.78 is 7.01. The first kappa shape index (κ1) is 13.2. The summed E-state index contributed by atoms with van der Waals surface area (Å²) in [4.78, 5) is 0. The molecule has 100 valence electrons. The van der Waals surface area contributed by atoms with Gasteiger partial charge in [0.2, 0.25) is 5.88 Å². The molecule has 20 heavy (non-hydrogen) atoms. The molecule has 0 spiro atoms. The van der Waals surface area contributed by atoms with Gasteiger partial charge in [-0.15, -0.1) is 5.10 Å². The Morgan fingerprint density at radius 3 is 2.50 bits per heavy atom. The van der Waals surface area contributed by atoms with Crippen LogP contribution in [0.2, 0.25) is 0 Å². The molecule has 0 bridgehead atoms. The van der Waals surface area contributed by atoms with Gasteiger partial charge in [-0.05, 0) is 45.9 Å². The van der Waals surface area contributed by atoms with Gasteiger partial charge in [0.15, 0.2) is 0 Å². The molecule has 3 aromatic rings. The van der Waals surface area contributed by atoms with Crippen LogP contribution in [0.15, 0.2) is 60.8 Å². The molecule has 0 atom stereocenters. The van der Waals surface area contributed by atoms with E-state index in [-0.39, 0.29) is 0 Å². The first-order valence-corrected chi connectivity index (χ1v) is 7.37. The van der Waals surface area contributed by atoms with Crippen molar-refractivity contribution < 1.29 is 4.74 Å². The highest BCUT2D eigenvalue weighted by Gasteiger charge is 2.09. The van der Waals surface area contributed by atoms with Gasteiger partial charge in [0.25, 0.3) is 0 Å². The first-order valence-electron chi connectivity index (χ1n) is 6.29. The predicted octanol–water partition coefficient (Wildman–Crippen LogP) is 4.26. The Labute approximate surface area is 131 Å². The molecular weight excluding hydrogens is 363 g/mol. The zero-order valence-corrected chi connectivity index (χ0v) is 12.9. The maximum Gasteiger partial charge on any atom is 0.240 e. The SMILES string of the molecule is Ic1ccc(-c2c[nH]nc2OCc2ccccc2)cc1. The number of rotatable bonds is 4. The van der Waals surface area contributed by atoms with Crippen molar-refractivity contribution >= 4 is 22.6 Å². The van der Waals surface area contributed by atoms with Crippen LogP contribution in [-0.2, 0) is 6.61 Å². The third-order valence-corrected chi connectivity index (χ3v) is 3.70. The zero-order valence-electron chi connectivity index (χ0n) is 10.7. The third-order valence-electron chi connectivity index (χ3n) is 2.98. The van der Waals surface area contributed by atoms with Gasteiger partial charge < -0.3 is 4.74 Å². The summed E-state index contributed by atoms with van der Waals surface area (Å²) in [7, 11) is 0. The maximum atomic E-state index is 5.80. The monoisotopic (exact) mass is 376 g/mol. The Hall–Kier alpha value is -1.82. The fourth-order valence-corrected chi connectivity index (χ4v) is 2.31. The highest BCUT2D eigenvalue weighted by molar-refractivity contribution is 14.1. The van der Waals surface area contributed by atoms with Crippen LogP contribution in [0, 0.1) is 3.57 Å². The Kier molecular flexibility index (Phi) is 4.01. The molecule has 0 amide bonds. The van der Waals surface area contributed by atoms with Crippen molar-refractivity contribution in [3.8, 4) is 17.0 Å². The quantitative estimate of drug-likeness (QED) is 0.691. The van der Waals surface area contributed by atoms with Gasteiger partial charge in [-0.1, -0.05) is 42.5 Å². The molecule has 3 nitrogen and oxygen atoms in total. The van der Waals surface area contributed by atoms with Crippen LogP contribution < -0.4 is 4.74 Å². The minimum atomic E-state index is 0.517. The van der Waals surface area contributed by atoms with Crippen molar-refractivity contribution in [2.75, 3.05) is 0 Å². The number of aromatic nitrogens is 2. The molecule has 0 saturated carbocycles. The lowest BCUT2D eigenvalue weighted by molar-refractivity contribution is 0.294. The summed E-state index contributed by atoms with van der Waals surface area (Å²) in [5.74, 6) is 0.634. The van der Waals surface area contributed by atoms with E-state index in [2.05, 4.69) is 57.1 Å². The van der Waals surface area contributed by atoms with Crippen LogP contribution in [0.3, 0.4) is 0 Å². The van der Waals surface area contributed by atoms with Crippen LogP contribution in [0.25, 0.3) is 11.1 Å². The second-order valence-corrected chi connectivity index (χ2v) is 5.63. The lowest BCUT2D eigenvalue weighted by Gasteiger charge is -2.06. The summed E-state index contributed by atoms with van der Waals surface area (Å²) in [5.41, 5.74) is 3.21. The highest BCUT2D eigenvalue weighted by atomic mass is 127. The highest BCUT2D eigenvalue weighted by Crippen LogP contribution is 2.28. The molecule has 0 saturated heterocycles. The largest absolute Gasteiger partial charge is 0.471 e. The van der Waals surface area contributed by atoms with Crippen molar-refractivity contribution in [3.63, 3.8) is 0 Å². The summed E-state index contributed by atoms with van der Waals surface area (Å²) in [6, 6.07) is 18.4. The fourth-order valence-electron chi connectivity index (χ4n) is 1.95. The Morgan fingerprint density at radius 2 is 1.75 bits per heavy atom. The van der Waals surface area contributed by atoms with E-state index in [4.69, 9.17) is 4.74 Å². The van der Waals surface area contributed by atoms with E-state index in [1.807, 2.05) is 36.5 Å². The van der Waals surface area contributed by atoms with Gasteiger partial charge >= 0.3 is 0 Å². The van der Waals surface area contributed by atoms with E-state index in [1.54, 1.807) is 0 Å². The summed E-state index contributed by atoms with van der Waals surface area (Å²) in [6.07, 6.45) is 1.86. The molecule has 0 radical (unpaired) electrons. The van der Waals surface area contributed by atoms with Gasteiger partial charge in [-0.25, -0.2) is 0 Å². The summed E-state index contributed by atoms with van der Waals surface area (Å²) in [5, 5.41) is 7.05. The molecule has 1 N–H and O–H groups in total. The third kappa shape index (κ3) is 3.01. The molecule has 4 heteroatoms. The van der Waals surface area contributed by atoms with Crippen LogP contribution in [0.5, 0.6) is 5.88 Å². The van der Waals surface area contributed by atoms with Crippen LogP contribution in [0.4, 0.5) is 0 Å². The molecule has 2 aromatic carbocycles. The number of hydrogen-bond donors (Lipinski definition) is 1. The zero-order chi connectivity index (χ0) is 13.8. The number of aromatic amines is 1. The van der Waals surface area contributed by atoms with E-state index in [0.29, 0.717) is 12.5 Å². The molecule has 3 rings (SSSR count). The predicted molar refractivity (Wildman–Crippen MR) is 87.5 cm³/mol. The molecular formula is C16H13IN2O. The molecule has 0 aliphatic heterocycles. The number of nitrogens with one attached hydrogen (secondary N) is 1. The standard InChI is InChI=1S/C16H13IN2O/c17-14-8-6-13(7-9-14)15-10-18-19-16(15)20-11-12-4-2-1-3-5-12/h1-10H,11H2,(H,18,19). The second-order valence-electron chi connectivity index (χ2n) is 4.39. The normalized spacial score (nSPS) is 10.4. The van der Waals surface area contributed by atoms with Crippen molar-refractivity contribution in [1.82, 2.24) is 10.2 Å². The lowest BCUT2D eigenvalue weighted by atomic mass is 10.1. The molecule has 0 unspecified atom stereocenters. The Morgan fingerprint density at radius 1 is 1.00 bits per heavy atom. The molecule has 1 heterocycles. The number of benzene rings is 2. The molecule has 0 aliphatic carbocycles. The number of nitrogens with zero attached hydrogens (tertiary/aromatic N) is 1. The average Bonchev–Trinajstić information content (AvgIpc) is 2.95. The Balaban J connectivity index is 1.78. The van der Waals surface area contributed by atoms with E-state index in [0.717, 1.165) is 16.7 Å². The maximum absolute atomic E-state index is 5.80. The lowest BCUT2D eigenvalue weighted by Crippen LogP contribution is -1.96. The van der Waals surface area contributed by atoms with Gasteiger partial charge in [0, 0.05) is 9.77 Å². The van der Waals surface area contributed by atoms with Crippen LogP contribution in [0.1, 0.15) is 5.56 Å². The topological polar surface area (TPSA) is 37.9 Å². The molecule has 0 aliphatic rings. The minimum Gasteiger partial charge on any atom is -0.471 e. The minimum absolute atomic E-state index is 0.517. The average molecular weight is 376 g/mol. The van der Waals surface area contributed by atoms with Crippen molar-refractivity contribution in [1.29, 1.82) is 0 Å². The van der Waals surface area contributed by atoms with Crippen LogP contribution >= 0.6 is 22.6 Å². The van der Waals surface area contributed by atoms with E-state index in [1.165, 1.54) is 3.57 Å². The van der Waals surface area contributed by atoms with E-state index >= 15 is 0 Å². The van der Waals surface area contributed by atoms with E-state index < -0.39 is 0 Å². The van der Waals surface area contributed by atoms with Gasteiger partial charge in [-0.3, -0.25) is 5.10 Å². The summed E-state index contributed by atoms with van der Waals surface area (Å²) in [6.45, 7) is 0.517. The van der Waals surface area contributed by atoms with Crippen molar-refractivity contribution in [3.05, 3.63) is 69.9 Å². The molecule has 0 fully saturated rings. The summed E-state index contributed by atoms with van der Waals surface area (Å²) >= 11 is 2.29. The number of halogens is 1. The number of hydrogen-bond acceptors (Lipinski definition) is 2. The first-order chi connectivity index (χ1) is 9.83. The number of H-pyrrole nitrogens is 1. The second kappa shape index (κ2) is 6.09. The van der Waals surface area contributed by atoms with E-state index in [9.17, 15) is 0 Å². The van der Waals surface area contributed by atoms with Gasteiger partial charge in [0.05, 0.1) is 5.56 Å². The smallest absolute Gasteiger partial charge is 0.240 e. The van der Waals surface area contributed by atoms with Crippen molar-refractivity contribution in [2.24, 2.45) is 0 Å². The van der Waals surface area contributed by atoms with Crippen LogP contribution in [-0.4, -0.2) is 10.2 Å². The fraction of sp³-hybridized carbons (Fsp3) is 0.0625. The Bertz CT molecular complexity index is 677. The van der Waals surface area contributed by atoms with Gasteiger partial charge in [-0.2, -0.15) is 0 Å². The molecule has 1 aromatic heterocycles.